The predicted molar refractivity (Wildman–Crippen MR) is 34.7 cm³/mol. The highest BCUT2D eigenvalue weighted by atomic mass is 79.9. The number of hydrogen-bond donors (Lipinski definition) is 1. The Labute approximate surface area is 52.9 Å². The maximum atomic E-state index is 8.34. The molecule has 1 atom stereocenters. The molecule has 1 nitrogen and oxygen atoms in total. The number of aliphatic hydroxyl groups excluding tert-OH is 1. The van der Waals surface area contributed by atoms with Crippen molar-refractivity contribution in [1.29, 1.82) is 0 Å². The van der Waals surface area contributed by atoms with E-state index in [2.05, 4.69) is 22.9 Å². The van der Waals surface area contributed by atoms with Crippen molar-refractivity contribution in [2.75, 3.05) is 6.61 Å². The van der Waals surface area contributed by atoms with Gasteiger partial charge in [-0.15, -0.1) is 0 Å². The summed E-state index contributed by atoms with van der Waals surface area (Å²) < 4.78 is 0. The minimum atomic E-state index is 0.295. The first-order valence-electron chi connectivity index (χ1n) is 2.56. The summed E-state index contributed by atoms with van der Waals surface area (Å²) in [5, 5.41) is 8.34. The van der Waals surface area contributed by atoms with Crippen LogP contribution in [-0.2, 0) is 0 Å². The fourth-order valence-electron chi connectivity index (χ4n) is 0.344. The van der Waals surface area contributed by atoms with E-state index in [-0.39, 0.29) is 0 Å². The summed E-state index contributed by atoms with van der Waals surface area (Å²) in [5.74, 6) is 0. The van der Waals surface area contributed by atoms with E-state index in [4.69, 9.17) is 5.11 Å². The Hall–Kier alpha value is 0.440. The minimum Gasteiger partial charge on any atom is -0.396 e. The smallest absolute Gasteiger partial charge is 0.0441 e. The molecule has 0 aliphatic rings. The van der Waals surface area contributed by atoms with Crippen LogP contribution in [0.3, 0.4) is 0 Å². The van der Waals surface area contributed by atoms with Gasteiger partial charge in [-0.2, -0.15) is 0 Å². The highest BCUT2D eigenvalue weighted by Crippen LogP contribution is 2.06. The summed E-state index contributed by atoms with van der Waals surface area (Å²) in [7, 11) is 0. The third-order valence-corrected chi connectivity index (χ3v) is 1.99. The molecular weight excluding hydrogens is 156 g/mol. The summed E-state index contributed by atoms with van der Waals surface area (Å²) in [4.78, 5) is 0.512. The van der Waals surface area contributed by atoms with E-state index >= 15 is 0 Å². The van der Waals surface area contributed by atoms with Gasteiger partial charge < -0.3 is 5.11 Å². The van der Waals surface area contributed by atoms with E-state index in [1.54, 1.807) is 0 Å². The quantitative estimate of drug-likeness (QED) is 0.632. The van der Waals surface area contributed by atoms with E-state index in [1.807, 2.05) is 0 Å². The Morgan fingerprint density at radius 3 is 2.43 bits per heavy atom. The lowest BCUT2D eigenvalue weighted by atomic mass is 10.3. The predicted octanol–water partition coefficient (Wildman–Crippen LogP) is 1.54. The van der Waals surface area contributed by atoms with Gasteiger partial charge in [0.25, 0.3) is 0 Å². The molecule has 0 saturated carbocycles. The Morgan fingerprint density at radius 2 is 2.29 bits per heavy atom. The van der Waals surface area contributed by atoms with Gasteiger partial charge in [-0.05, 0) is 12.8 Å². The fourth-order valence-corrected chi connectivity index (χ4v) is 0.549. The van der Waals surface area contributed by atoms with Gasteiger partial charge in [0.1, 0.15) is 0 Å². The molecule has 0 amide bonds. The van der Waals surface area contributed by atoms with Crippen LogP contribution in [0, 0.1) is 0 Å². The summed E-state index contributed by atoms with van der Waals surface area (Å²) in [6.45, 7) is 2.39. The van der Waals surface area contributed by atoms with Crippen LogP contribution in [0.2, 0.25) is 0 Å². The Kier molecular flexibility index (Phi) is 4.88. The van der Waals surface area contributed by atoms with Crippen LogP contribution in [-0.4, -0.2) is 16.5 Å². The van der Waals surface area contributed by atoms with Gasteiger partial charge in [0.05, 0.1) is 0 Å². The first-order chi connectivity index (χ1) is 3.31. The summed E-state index contributed by atoms with van der Waals surface area (Å²) in [6, 6.07) is 0. The molecule has 1 N–H and O–H groups in total. The minimum absolute atomic E-state index is 0.295. The van der Waals surface area contributed by atoms with Crippen molar-refractivity contribution >= 4 is 15.9 Å². The van der Waals surface area contributed by atoms with Crippen molar-refractivity contribution in [2.24, 2.45) is 0 Å². The number of rotatable bonds is 3. The molecule has 0 saturated heterocycles. The molecule has 0 aromatic rings. The zero-order valence-corrected chi connectivity index (χ0v) is 6.11. The second-order valence-corrected chi connectivity index (χ2v) is 2.81. The average molecular weight is 167 g/mol. The lowest BCUT2D eigenvalue weighted by Crippen LogP contribution is -1.97. The normalized spacial score (nSPS) is 14.1. The average Bonchev–Trinajstić information content (AvgIpc) is 1.68. The molecule has 0 aromatic heterocycles. The Morgan fingerprint density at radius 1 is 1.71 bits per heavy atom. The summed E-state index contributed by atoms with van der Waals surface area (Å²) >= 11 is 3.38. The van der Waals surface area contributed by atoms with Gasteiger partial charge in [-0.1, -0.05) is 22.9 Å². The second-order valence-electron chi connectivity index (χ2n) is 1.52. The van der Waals surface area contributed by atoms with Crippen LogP contribution in [0.15, 0.2) is 0 Å². The third-order valence-electron chi connectivity index (χ3n) is 0.885. The summed E-state index contributed by atoms with van der Waals surface area (Å²) in [6.07, 6.45) is 1.97. The molecular formula is C5H11BrO. The molecule has 0 fully saturated rings. The van der Waals surface area contributed by atoms with Gasteiger partial charge in [0, 0.05) is 11.4 Å². The fraction of sp³-hybridized carbons (Fsp3) is 1.00. The van der Waals surface area contributed by atoms with Crippen molar-refractivity contribution in [2.45, 2.75) is 24.6 Å². The Balaban J connectivity index is 2.83. The van der Waals surface area contributed by atoms with Gasteiger partial charge in [0.2, 0.25) is 0 Å². The molecule has 2 heteroatoms. The zero-order valence-electron chi connectivity index (χ0n) is 4.52. The SMILES string of the molecule is CCC(Br)CCO. The number of hydrogen-bond acceptors (Lipinski definition) is 1. The number of halogens is 1. The lowest BCUT2D eigenvalue weighted by molar-refractivity contribution is 0.287. The van der Waals surface area contributed by atoms with Gasteiger partial charge in [-0.3, -0.25) is 0 Å². The molecule has 44 valence electrons. The molecule has 0 spiro atoms. The number of aliphatic hydroxyl groups is 1. The largest absolute Gasteiger partial charge is 0.396 e. The van der Waals surface area contributed by atoms with E-state index in [0.717, 1.165) is 12.8 Å². The van der Waals surface area contributed by atoms with E-state index in [1.165, 1.54) is 0 Å². The molecule has 0 heterocycles. The molecule has 0 radical (unpaired) electrons. The van der Waals surface area contributed by atoms with Crippen molar-refractivity contribution in [3.63, 3.8) is 0 Å². The molecule has 1 unspecified atom stereocenters. The monoisotopic (exact) mass is 166 g/mol. The van der Waals surface area contributed by atoms with Crippen LogP contribution in [0.5, 0.6) is 0 Å². The van der Waals surface area contributed by atoms with Crippen LogP contribution in [0.1, 0.15) is 19.8 Å². The highest BCUT2D eigenvalue weighted by Gasteiger charge is 1.95. The third kappa shape index (κ3) is 4.29. The molecule has 0 aliphatic carbocycles. The van der Waals surface area contributed by atoms with E-state index in [9.17, 15) is 0 Å². The summed E-state index contributed by atoms with van der Waals surface area (Å²) in [5.41, 5.74) is 0. The number of alkyl halides is 1. The van der Waals surface area contributed by atoms with Crippen LogP contribution in [0.25, 0.3) is 0 Å². The topological polar surface area (TPSA) is 20.2 Å². The van der Waals surface area contributed by atoms with E-state index in [0.29, 0.717) is 11.4 Å². The Bertz CT molecular complexity index is 39.1. The zero-order chi connectivity index (χ0) is 5.70. The lowest BCUT2D eigenvalue weighted by Gasteiger charge is -1.99. The second kappa shape index (κ2) is 4.60. The van der Waals surface area contributed by atoms with Crippen LogP contribution < -0.4 is 0 Å². The van der Waals surface area contributed by atoms with Crippen molar-refractivity contribution in [3.8, 4) is 0 Å². The molecule has 7 heavy (non-hydrogen) atoms. The van der Waals surface area contributed by atoms with Gasteiger partial charge >= 0.3 is 0 Å². The first kappa shape index (κ1) is 7.44. The van der Waals surface area contributed by atoms with Crippen molar-refractivity contribution < 1.29 is 5.11 Å². The molecule has 0 rings (SSSR count). The molecule has 0 bridgehead atoms. The maximum absolute atomic E-state index is 8.34. The van der Waals surface area contributed by atoms with Gasteiger partial charge in [-0.25, -0.2) is 0 Å². The molecule has 0 aliphatic heterocycles. The maximum Gasteiger partial charge on any atom is 0.0441 e. The van der Waals surface area contributed by atoms with Crippen LogP contribution >= 0.6 is 15.9 Å². The van der Waals surface area contributed by atoms with Crippen LogP contribution in [0.4, 0.5) is 0 Å². The van der Waals surface area contributed by atoms with Crippen molar-refractivity contribution in [3.05, 3.63) is 0 Å². The highest BCUT2D eigenvalue weighted by molar-refractivity contribution is 9.09. The van der Waals surface area contributed by atoms with E-state index < -0.39 is 0 Å². The van der Waals surface area contributed by atoms with Crippen molar-refractivity contribution in [1.82, 2.24) is 0 Å². The molecule has 0 aromatic carbocycles. The van der Waals surface area contributed by atoms with Gasteiger partial charge in [0.15, 0.2) is 0 Å². The first-order valence-corrected chi connectivity index (χ1v) is 3.47. The standard InChI is InChI=1S/C5H11BrO/c1-2-5(6)3-4-7/h5,7H,2-4H2,1H3.